The van der Waals surface area contributed by atoms with Gasteiger partial charge in [-0.1, -0.05) is 164 Å². The molecule has 0 fully saturated rings. The summed E-state index contributed by atoms with van der Waals surface area (Å²) in [6, 6.07) is 0. The molecule has 0 aromatic heterocycles. The molecule has 0 aliphatic carbocycles. The lowest BCUT2D eigenvalue weighted by Gasteiger charge is -2.18. The summed E-state index contributed by atoms with van der Waals surface area (Å²) >= 11 is 0. The number of carbonyl (C=O) groups excluding carboxylic acids is 3. The van der Waals surface area contributed by atoms with Gasteiger partial charge in [0.15, 0.2) is 6.10 Å². The summed E-state index contributed by atoms with van der Waals surface area (Å²) < 4.78 is 16.6. The SMILES string of the molecule is CCC(C)CCCCCCCCC(=O)OC[C@H](COC(=O)CCCCCCCCC(C)C)OC(=O)CCCCCCCCC(C)C. The first-order chi connectivity index (χ1) is 22.1. The van der Waals surface area contributed by atoms with E-state index < -0.39 is 6.10 Å². The summed E-state index contributed by atoms with van der Waals surface area (Å²) in [4.78, 5) is 37.4. The van der Waals surface area contributed by atoms with Crippen molar-refractivity contribution in [1.29, 1.82) is 0 Å². The highest BCUT2D eigenvalue weighted by atomic mass is 16.6. The predicted molar refractivity (Wildman–Crippen MR) is 192 cm³/mol. The van der Waals surface area contributed by atoms with Crippen LogP contribution in [0.1, 0.15) is 202 Å². The monoisotopic (exact) mass is 653 g/mol. The summed E-state index contributed by atoms with van der Waals surface area (Å²) in [6.45, 7) is 13.5. The molecule has 0 spiro atoms. The van der Waals surface area contributed by atoms with Crippen molar-refractivity contribution in [3.05, 3.63) is 0 Å². The molecule has 0 aliphatic rings. The summed E-state index contributed by atoms with van der Waals surface area (Å²) in [5.74, 6) is 1.45. The van der Waals surface area contributed by atoms with Crippen LogP contribution >= 0.6 is 0 Å². The average molecular weight is 653 g/mol. The van der Waals surface area contributed by atoms with Crippen LogP contribution in [-0.4, -0.2) is 37.2 Å². The van der Waals surface area contributed by atoms with E-state index in [1.807, 2.05) is 0 Å². The Morgan fingerprint density at radius 1 is 0.435 bits per heavy atom. The fourth-order valence-electron chi connectivity index (χ4n) is 5.61. The molecule has 272 valence electrons. The van der Waals surface area contributed by atoms with Gasteiger partial charge in [-0.2, -0.15) is 0 Å². The lowest BCUT2D eigenvalue weighted by Crippen LogP contribution is -2.30. The Morgan fingerprint density at radius 3 is 1.13 bits per heavy atom. The lowest BCUT2D eigenvalue weighted by atomic mass is 10.00. The number of hydrogen-bond acceptors (Lipinski definition) is 6. The smallest absolute Gasteiger partial charge is 0.306 e. The van der Waals surface area contributed by atoms with E-state index in [2.05, 4.69) is 41.5 Å². The van der Waals surface area contributed by atoms with Crippen LogP contribution in [0.25, 0.3) is 0 Å². The second-order valence-electron chi connectivity index (χ2n) is 14.8. The molecular weight excluding hydrogens is 576 g/mol. The van der Waals surface area contributed by atoms with Crippen molar-refractivity contribution < 1.29 is 28.6 Å². The third-order valence-electron chi connectivity index (χ3n) is 9.01. The van der Waals surface area contributed by atoms with E-state index in [0.29, 0.717) is 19.3 Å². The molecule has 46 heavy (non-hydrogen) atoms. The zero-order valence-corrected chi connectivity index (χ0v) is 31.4. The molecule has 0 aromatic carbocycles. The maximum absolute atomic E-state index is 12.6. The highest BCUT2D eigenvalue weighted by Crippen LogP contribution is 2.16. The molecule has 0 saturated carbocycles. The molecule has 1 unspecified atom stereocenters. The number of ether oxygens (including phenoxy) is 3. The fourth-order valence-corrected chi connectivity index (χ4v) is 5.61. The van der Waals surface area contributed by atoms with Crippen molar-refractivity contribution in [3.63, 3.8) is 0 Å². The molecule has 0 radical (unpaired) electrons. The third kappa shape index (κ3) is 32.4. The van der Waals surface area contributed by atoms with Crippen molar-refractivity contribution in [2.24, 2.45) is 17.8 Å². The number of hydrogen-bond donors (Lipinski definition) is 0. The molecule has 0 heterocycles. The molecule has 0 bridgehead atoms. The first kappa shape index (κ1) is 44.4. The Bertz CT molecular complexity index is 719. The number of rotatable bonds is 33. The van der Waals surface area contributed by atoms with Crippen LogP contribution in [0.3, 0.4) is 0 Å². The third-order valence-corrected chi connectivity index (χ3v) is 9.01. The number of carbonyl (C=O) groups is 3. The van der Waals surface area contributed by atoms with E-state index in [4.69, 9.17) is 14.2 Å². The van der Waals surface area contributed by atoms with Gasteiger partial charge in [-0.15, -0.1) is 0 Å². The van der Waals surface area contributed by atoms with Gasteiger partial charge in [0, 0.05) is 19.3 Å². The zero-order valence-electron chi connectivity index (χ0n) is 31.4. The summed E-state index contributed by atoms with van der Waals surface area (Å²) in [7, 11) is 0. The van der Waals surface area contributed by atoms with Crippen LogP contribution in [0.5, 0.6) is 0 Å². The second kappa shape index (κ2) is 32.0. The van der Waals surface area contributed by atoms with Crippen molar-refractivity contribution >= 4 is 17.9 Å². The van der Waals surface area contributed by atoms with Gasteiger partial charge in [0.05, 0.1) is 0 Å². The first-order valence-corrected chi connectivity index (χ1v) is 19.6. The molecule has 0 N–H and O–H groups in total. The van der Waals surface area contributed by atoms with Crippen molar-refractivity contribution in [2.75, 3.05) is 13.2 Å². The van der Waals surface area contributed by atoms with E-state index >= 15 is 0 Å². The predicted octanol–water partition coefficient (Wildman–Crippen LogP) is 11.7. The average Bonchev–Trinajstić information content (AvgIpc) is 3.01. The minimum Gasteiger partial charge on any atom is -0.462 e. The molecule has 0 amide bonds. The van der Waals surface area contributed by atoms with Crippen LogP contribution in [-0.2, 0) is 28.6 Å². The molecule has 6 heteroatoms. The van der Waals surface area contributed by atoms with Gasteiger partial charge in [0.25, 0.3) is 0 Å². The number of esters is 3. The maximum atomic E-state index is 12.6. The molecule has 6 nitrogen and oxygen atoms in total. The van der Waals surface area contributed by atoms with Gasteiger partial charge < -0.3 is 14.2 Å². The van der Waals surface area contributed by atoms with Crippen molar-refractivity contribution in [3.8, 4) is 0 Å². The summed E-state index contributed by atoms with van der Waals surface area (Å²) in [5.41, 5.74) is 0. The largest absolute Gasteiger partial charge is 0.462 e. The van der Waals surface area contributed by atoms with E-state index in [-0.39, 0.29) is 31.1 Å². The van der Waals surface area contributed by atoms with Gasteiger partial charge in [0.1, 0.15) is 13.2 Å². The topological polar surface area (TPSA) is 78.9 Å². The Hall–Kier alpha value is -1.59. The minimum absolute atomic E-state index is 0.0697. The van der Waals surface area contributed by atoms with Gasteiger partial charge in [-0.25, -0.2) is 0 Å². The standard InChI is InChI=1S/C40H76O6/c1-7-36(6)28-22-16-10-13-18-24-30-39(42)45-33-37(46-40(43)31-25-19-12-9-15-21-27-35(4)5)32-44-38(41)29-23-17-11-8-14-20-26-34(2)3/h34-37H,7-33H2,1-6H3/t36?,37-/m0/s1. The van der Waals surface area contributed by atoms with Crippen LogP contribution in [0.15, 0.2) is 0 Å². The van der Waals surface area contributed by atoms with Crippen LogP contribution < -0.4 is 0 Å². The van der Waals surface area contributed by atoms with E-state index in [1.165, 1.54) is 83.5 Å². The van der Waals surface area contributed by atoms with Crippen molar-refractivity contribution in [2.45, 2.75) is 208 Å². The second-order valence-corrected chi connectivity index (χ2v) is 14.8. The fraction of sp³-hybridized carbons (Fsp3) is 0.925. The summed E-state index contributed by atoms with van der Waals surface area (Å²) in [5, 5.41) is 0. The Balaban J connectivity index is 4.39. The van der Waals surface area contributed by atoms with Gasteiger partial charge >= 0.3 is 17.9 Å². The Morgan fingerprint density at radius 2 is 0.761 bits per heavy atom. The Labute approximate surface area is 285 Å². The molecule has 0 saturated heterocycles. The van der Waals surface area contributed by atoms with Gasteiger partial charge in [-0.3, -0.25) is 14.4 Å². The lowest BCUT2D eigenvalue weighted by molar-refractivity contribution is -0.167. The zero-order chi connectivity index (χ0) is 34.3. The molecule has 2 atom stereocenters. The Kier molecular flexibility index (Phi) is 30.9. The van der Waals surface area contributed by atoms with Crippen molar-refractivity contribution in [1.82, 2.24) is 0 Å². The quantitative estimate of drug-likeness (QED) is 0.0399. The molecule has 0 rings (SSSR count). The van der Waals surface area contributed by atoms with Crippen LogP contribution in [0, 0.1) is 17.8 Å². The molecule has 0 aliphatic heterocycles. The summed E-state index contributed by atoms with van der Waals surface area (Å²) in [6.07, 6.45) is 25.5. The first-order valence-electron chi connectivity index (χ1n) is 19.6. The van der Waals surface area contributed by atoms with E-state index in [9.17, 15) is 14.4 Å². The molecule has 0 aromatic rings. The highest BCUT2D eigenvalue weighted by Gasteiger charge is 2.19. The number of unbranched alkanes of at least 4 members (excludes halogenated alkanes) is 15. The normalized spacial score (nSPS) is 12.8. The van der Waals surface area contributed by atoms with E-state index in [0.717, 1.165) is 75.5 Å². The van der Waals surface area contributed by atoms with Crippen LogP contribution in [0.2, 0.25) is 0 Å². The van der Waals surface area contributed by atoms with Gasteiger partial charge in [-0.05, 0) is 37.0 Å². The molecular formula is C40H76O6. The minimum atomic E-state index is -0.761. The highest BCUT2D eigenvalue weighted by molar-refractivity contribution is 5.71. The van der Waals surface area contributed by atoms with Crippen LogP contribution in [0.4, 0.5) is 0 Å². The van der Waals surface area contributed by atoms with Gasteiger partial charge in [0.2, 0.25) is 0 Å². The van der Waals surface area contributed by atoms with E-state index in [1.54, 1.807) is 0 Å². The maximum Gasteiger partial charge on any atom is 0.306 e.